The van der Waals surface area contributed by atoms with Crippen LogP contribution < -0.4 is 9.64 Å². The molecule has 1 saturated carbocycles. The molecule has 0 aromatic heterocycles. The van der Waals surface area contributed by atoms with Crippen molar-refractivity contribution >= 4 is 5.69 Å². The number of anilines is 1. The predicted octanol–water partition coefficient (Wildman–Crippen LogP) is 3.55. The third kappa shape index (κ3) is 2.02. The summed E-state index contributed by atoms with van der Waals surface area (Å²) in [6, 6.07) is 7.58. The van der Waals surface area contributed by atoms with E-state index >= 15 is 0 Å². The van der Waals surface area contributed by atoms with Crippen molar-refractivity contribution in [2.24, 2.45) is 5.41 Å². The SMILES string of the molecule is CC[C@]12CCCN3CC[C@@]4(c5ccc(OC)cc5N(C)[C@H]4[C@@H]4OC(C)(C)O[C@@H]41)[C@@H]32. The lowest BCUT2D eigenvalue weighted by Gasteiger charge is -2.61. The van der Waals surface area contributed by atoms with Gasteiger partial charge in [-0.05, 0) is 64.3 Å². The van der Waals surface area contributed by atoms with E-state index in [2.05, 4.69) is 55.8 Å². The van der Waals surface area contributed by atoms with Crippen molar-refractivity contribution in [1.29, 1.82) is 0 Å². The summed E-state index contributed by atoms with van der Waals surface area (Å²) in [6.07, 6.45) is 5.13. The van der Waals surface area contributed by atoms with Crippen molar-refractivity contribution in [3.05, 3.63) is 23.8 Å². The van der Waals surface area contributed by atoms with Crippen LogP contribution in [0.15, 0.2) is 18.2 Å². The zero-order chi connectivity index (χ0) is 20.2. The average Bonchev–Trinajstić information content (AvgIpc) is 3.33. The van der Waals surface area contributed by atoms with E-state index in [0.29, 0.717) is 12.1 Å². The molecule has 29 heavy (non-hydrogen) atoms. The molecular weight excluding hydrogens is 364 g/mol. The van der Waals surface area contributed by atoms with Crippen LogP contribution in [0, 0.1) is 5.41 Å². The Morgan fingerprint density at radius 1 is 1.17 bits per heavy atom. The van der Waals surface area contributed by atoms with Crippen molar-refractivity contribution in [3.63, 3.8) is 0 Å². The summed E-state index contributed by atoms with van der Waals surface area (Å²) in [6.45, 7) is 8.99. The number of benzene rings is 1. The van der Waals surface area contributed by atoms with Gasteiger partial charge >= 0.3 is 0 Å². The minimum absolute atomic E-state index is 0.0997. The smallest absolute Gasteiger partial charge is 0.163 e. The van der Waals surface area contributed by atoms with Crippen molar-refractivity contribution in [2.45, 2.75) is 81.9 Å². The normalized spacial score (nSPS) is 44.2. The lowest BCUT2D eigenvalue weighted by atomic mass is 9.50. The van der Waals surface area contributed by atoms with Crippen LogP contribution in [0.2, 0.25) is 0 Å². The number of rotatable bonds is 2. The molecule has 5 heteroatoms. The number of hydrogen-bond acceptors (Lipinski definition) is 5. The molecule has 6 atom stereocenters. The van der Waals surface area contributed by atoms with Crippen molar-refractivity contribution in [2.75, 3.05) is 32.1 Å². The predicted molar refractivity (Wildman–Crippen MR) is 113 cm³/mol. The molecule has 3 saturated heterocycles. The Morgan fingerprint density at radius 2 is 2.00 bits per heavy atom. The molecule has 1 aromatic rings. The van der Waals surface area contributed by atoms with Gasteiger partial charge in [-0.3, -0.25) is 4.90 Å². The summed E-state index contributed by atoms with van der Waals surface area (Å²) in [5.41, 5.74) is 3.09. The second-order valence-electron chi connectivity index (χ2n) is 10.4. The van der Waals surface area contributed by atoms with Crippen LogP contribution in [-0.2, 0) is 14.9 Å². The van der Waals surface area contributed by atoms with Gasteiger partial charge in [-0.25, -0.2) is 0 Å². The minimum Gasteiger partial charge on any atom is -0.497 e. The molecule has 0 amide bonds. The summed E-state index contributed by atoms with van der Waals surface area (Å²) < 4.78 is 19.1. The first-order chi connectivity index (χ1) is 13.9. The molecule has 158 valence electrons. The Balaban J connectivity index is 1.61. The van der Waals surface area contributed by atoms with Crippen LogP contribution in [0.1, 0.15) is 52.0 Å². The molecule has 1 aliphatic carbocycles. The highest BCUT2D eigenvalue weighted by Gasteiger charge is 2.75. The highest BCUT2D eigenvalue weighted by molar-refractivity contribution is 5.69. The van der Waals surface area contributed by atoms with Crippen LogP contribution >= 0.6 is 0 Å². The monoisotopic (exact) mass is 398 g/mol. The van der Waals surface area contributed by atoms with Crippen molar-refractivity contribution < 1.29 is 14.2 Å². The third-order valence-electron chi connectivity index (χ3n) is 8.99. The number of likely N-dealkylation sites (N-methyl/N-ethyl adjacent to an activating group) is 1. The summed E-state index contributed by atoms with van der Waals surface area (Å²) in [5, 5.41) is 0. The fourth-order valence-electron chi connectivity index (χ4n) is 8.20. The summed E-state index contributed by atoms with van der Waals surface area (Å²) in [5.74, 6) is 0.416. The molecule has 6 rings (SSSR count). The first-order valence-corrected chi connectivity index (χ1v) is 11.4. The zero-order valence-electron chi connectivity index (χ0n) is 18.4. The maximum atomic E-state index is 6.74. The second kappa shape index (κ2) is 5.68. The Kier molecular flexibility index (Phi) is 3.62. The largest absolute Gasteiger partial charge is 0.497 e. The molecule has 0 N–H and O–H groups in total. The topological polar surface area (TPSA) is 34.2 Å². The third-order valence-corrected chi connectivity index (χ3v) is 8.99. The molecule has 4 heterocycles. The van der Waals surface area contributed by atoms with Gasteiger partial charge in [-0.1, -0.05) is 13.0 Å². The van der Waals surface area contributed by atoms with Crippen LogP contribution in [0.3, 0.4) is 0 Å². The first-order valence-electron chi connectivity index (χ1n) is 11.4. The number of ether oxygens (including phenoxy) is 3. The van der Waals surface area contributed by atoms with Gasteiger partial charge in [0.05, 0.1) is 19.3 Å². The van der Waals surface area contributed by atoms with Gasteiger partial charge in [0.25, 0.3) is 0 Å². The van der Waals surface area contributed by atoms with E-state index in [1.807, 2.05) is 0 Å². The Hall–Kier alpha value is -1.30. The number of nitrogens with zero attached hydrogens (tertiary/aromatic N) is 2. The minimum atomic E-state index is -0.521. The fraction of sp³-hybridized carbons (Fsp3) is 0.750. The highest BCUT2D eigenvalue weighted by Crippen LogP contribution is 2.67. The molecule has 5 nitrogen and oxygen atoms in total. The van der Waals surface area contributed by atoms with E-state index in [-0.39, 0.29) is 23.0 Å². The number of hydrogen-bond donors (Lipinski definition) is 0. The Bertz CT molecular complexity index is 857. The van der Waals surface area contributed by atoms with E-state index in [1.165, 1.54) is 43.6 Å². The molecule has 1 aromatic carbocycles. The van der Waals surface area contributed by atoms with Gasteiger partial charge in [0.2, 0.25) is 0 Å². The van der Waals surface area contributed by atoms with Gasteiger partial charge in [0.1, 0.15) is 11.9 Å². The van der Waals surface area contributed by atoms with Gasteiger partial charge in [-0.2, -0.15) is 0 Å². The maximum Gasteiger partial charge on any atom is 0.163 e. The van der Waals surface area contributed by atoms with E-state index in [0.717, 1.165) is 12.2 Å². The molecule has 0 unspecified atom stereocenters. The maximum absolute atomic E-state index is 6.74. The van der Waals surface area contributed by atoms with Crippen LogP contribution in [0.4, 0.5) is 5.69 Å². The van der Waals surface area contributed by atoms with Crippen LogP contribution in [0.25, 0.3) is 0 Å². The molecule has 1 spiro atoms. The van der Waals surface area contributed by atoms with E-state index in [9.17, 15) is 0 Å². The van der Waals surface area contributed by atoms with E-state index < -0.39 is 5.79 Å². The first kappa shape index (κ1) is 18.5. The summed E-state index contributed by atoms with van der Waals surface area (Å²) >= 11 is 0. The van der Waals surface area contributed by atoms with Gasteiger partial charge in [0.15, 0.2) is 5.79 Å². The van der Waals surface area contributed by atoms with Gasteiger partial charge in [-0.15, -0.1) is 0 Å². The van der Waals surface area contributed by atoms with Crippen LogP contribution in [-0.4, -0.2) is 62.2 Å². The van der Waals surface area contributed by atoms with E-state index in [1.54, 1.807) is 7.11 Å². The number of piperidine rings is 1. The lowest BCUT2D eigenvalue weighted by Crippen LogP contribution is -2.73. The van der Waals surface area contributed by atoms with Crippen molar-refractivity contribution in [1.82, 2.24) is 4.90 Å². The zero-order valence-corrected chi connectivity index (χ0v) is 18.4. The molecule has 0 radical (unpaired) electrons. The summed E-state index contributed by atoms with van der Waals surface area (Å²) in [7, 11) is 4.02. The Morgan fingerprint density at radius 3 is 2.76 bits per heavy atom. The van der Waals surface area contributed by atoms with Gasteiger partial charge < -0.3 is 19.1 Å². The number of methoxy groups -OCH3 is 1. The molecular formula is C24H34N2O3. The van der Waals surface area contributed by atoms with Gasteiger partial charge in [0, 0.05) is 35.7 Å². The van der Waals surface area contributed by atoms with Crippen LogP contribution in [0.5, 0.6) is 5.75 Å². The van der Waals surface area contributed by atoms with Crippen molar-refractivity contribution in [3.8, 4) is 5.75 Å². The molecule has 0 bridgehead atoms. The molecule has 4 aliphatic heterocycles. The second-order valence-corrected chi connectivity index (χ2v) is 10.4. The quantitative estimate of drug-likeness (QED) is 0.761. The number of fused-ring (bicyclic) bond motifs is 4. The Labute approximate surface area is 174 Å². The fourth-order valence-corrected chi connectivity index (χ4v) is 8.20. The highest BCUT2D eigenvalue weighted by atomic mass is 16.8. The summed E-state index contributed by atoms with van der Waals surface area (Å²) in [4.78, 5) is 5.30. The molecule has 4 fully saturated rings. The van der Waals surface area contributed by atoms with E-state index in [4.69, 9.17) is 14.2 Å². The average molecular weight is 399 g/mol. The molecule has 5 aliphatic rings. The standard InChI is InChI=1S/C24H34N2O3/c1-6-23-10-7-12-26-13-11-24(21(23)26)16-9-8-15(27-5)14-17(16)25(4)19(24)18-20(23)29-22(2,3)28-18/h8-9,14,18-21H,6-7,10-13H2,1-5H3/t18-,19-,20-,21-,23-,24-/m0/s1. The lowest BCUT2D eigenvalue weighted by molar-refractivity contribution is -0.169.